The highest BCUT2D eigenvalue weighted by Gasteiger charge is 2.27. The summed E-state index contributed by atoms with van der Waals surface area (Å²) in [6.45, 7) is 7.12. The number of nitrogens with zero attached hydrogens (tertiary/aromatic N) is 5. The Morgan fingerprint density at radius 3 is 2.70 bits per heavy atom. The Hall–Kier alpha value is -2.40. The number of anilines is 1. The van der Waals surface area contributed by atoms with Crippen LogP contribution in [0.1, 0.15) is 12.5 Å². The maximum absolute atomic E-state index is 4.31. The molecule has 5 nitrogen and oxygen atoms in total. The zero-order valence-electron chi connectivity index (χ0n) is 13.6. The van der Waals surface area contributed by atoms with Gasteiger partial charge in [-0.3, -0.25) is 4.90 Å². The second-order valence-corrected chi connectivity index (χ2v) is 6.36. The first kappa shape index (κ1) is 14.2. The number of rotatable bonds is 3. The minimum Gasteiger partial charge on any atom is -0.357 e. The smallest absolute Gasteiger partial charge is 0.113 e. The Bertz CT molecular complexity index is 808. The van der Waals surface area contributed by atoms with Gasteiger partial charge in [0.2, 0.25) is 0 Å². The summed E-state index contributed by atoms with van der Waals surface area (Å²) in [6, 6.07) is 17.4. The van der Waals surface area contributed by atoms with Crippen molar-refractivity contribution in [3.05, 3.63) is 54.1 Å². The molecule has 4 rings (SSSR count). The third-order valence-electron chi connectivity index (χ3n) is 4.60. The Morgan fingerprint density at radius 2 is 1.87 bits per heavy atom. The molecule has 0 bridgehead atoms. The molecule has 1 fully saturated rings. The van der Waals surface area contributed by atoms with E-state index in [9.17, 15) is 0 Å². The highest BCUT2D eigenvalue weighted by molar-refractivity contribution is 5.73. The quantitative estimate of drug-likeness (QED) is 0.745. The van der Waals surface area contributed by atoms with E-state index < -0.39 is 0 Å². The van der Waals surface area contributed by atoms with Gasteiger partial charge in [0, 0.05) is 18.3 Å². The standard InChI is InChI=1S/C18H21N5/c1-14-7-9-16(10-8-14)21-11-15(2)22(12-21)13-23-18-6-4-3-5-17(18)19-20-23/h3-10,15H,11-13H2,1-2H3/t15-/m0/s1. The van der Waals surface area contributed by atoms with Gasteiger partial charge in [-0.25, -0.2) is 4.68 Å². The maximum atomic E-state index is 4.31. The normalized spacial score (nSPS) is 18.9. The first-order valence-electron chi connectivity index (χ1n) is 8.04. The van der Waals surface area contributed by atoms with Gasteiger partial charge in [0.1, 0.15) is 5.52 Å². The molecular weight excluding hydrogens is 286 g/mol. The monoisotopic (exact) mass is 307 g/mol. The zero-order valence-corrected chi connectivity index (χ0v) is 13.6. The Labute approximate surface area is 136 Å². The van der Waals surface area contributed by atoms with Gasteiger partial charge in [0.15, 0.2) is 0 Å². The van der Waals surface area contributed by atoms with Crippen LogP contribution in [0.25, 0.3) is 11.0 Å². The van der Waals surface area contributed by atoms with Crippen LogP contribution in [0.15, 0.2) is 48.5 Å². The largest absolute Gasteiger partial charge is 0.357 e. The molecule has 0 radical (unpaired) electrons. The number of hydrogen-bond acceptors (Lipinski definition) is 4. The summed E-state index contributed by atoms with van der Waals surface area (Å²) in [6.07, 6.45) is 0. The summed E-state index contributed by atoms with van der Waals surface area (Å²) >= 11 is 0. The number of aromatic nitrogens is 3. The molecule has 0 unspecified atom stereocenters. The average molecular weight is 307 g/mol. The molecule has 1 aromatic heterocycles. The molecular formula is C18H21N5. The summed E-state index contributed by atoms with van der Waals surface area (Å²) in [5.74, 6) is 0. The molecule has 2 heterocycles. The lowest BCUT2D eigenvalue weighted by atomic mass is 10.2. The molecule has 3 aromatic rings. The van der Waals surface area contributed by atoms with E-state index in [1.165, 1.54) is 11.3 Å². The second-order valence-electron chi connectivity index (χ2n) is 6.36. The predicted molar refractivity (Wildman–Crippen MR) is 92.2 cm³/mol. The first-order valence-corrected chi connectivity index (χ1v) is 8.04. The minimum absolute atomic E-state index is 0.485. The van der Waals surface area contributed by atoms with E-state index in [0.717, 1.165) is 30.9 Å². The highest BCUT2D eigenvalue weighted by Crippen LogP contribution is 2.23. The van der Waals surface area contributed by atoms with Crippen molar-refractivity contribution in [2.45, 2.75) is 26.6 Å². The van der Waals surface area contributed by atoms with Crippen molar-refractivity contribution in [2.24, 2.45) is 0 Å². The molecule has 5 heteroatoms. The number of benzene rings is 2. The summed E-state index contributed by atoms with van der Waals surface area (Å²) in [5, 5.41) is 8.55. The molecule has 118 valence electrons. The van der Waals surface area contributed by atoms with Crippen LogP contribution >= 0.6 is 0 Å². The molecule has 1 aliphatic heterocycles. The molecule has 0 saturated carbocycles. The first-order chi connectivity index (χ1) is 11.2. The van der Waals surface area contributed by atoms with E-state index >= 15 is 0 Å². The van der Waals surface area contributed by atoms with Crippen molar-refractivity contribution < 1.29 is 0 Å². The lowest BCUT2D eigenvalue weighted by Crippen LogP contribution is -2.31. The highest BCUT2D eigenvalue weighted by atomic mass is 15.5. The topological polar surface area (TPSA) is 37.2 Å². The Morgan fingerprint density at radius 1 is 1.09 bits per heavy atom. The minimum atomic E-state index is 0.485. The number of aryl methyl sites for hydroxylation is 1. The summed E-state index contributed by atoms with van der Waals surface area (Å²) in [5.41, 5.74) is 4.63. The zero-order chi connectivity index (χ0) is 15.8. The van der Waals surface area contributed by atoms with Crippen LogP contribution in [0.5, 0.6) is 0 Å². The van der Waals surface area contributed by atoms with Crippen molar-refractivity contribution in [3.63, 3.8) is 0 Å². The van der Waals surface area contributed by atoms with E-state index in [4.69, 9.17) is 0 Å². The van der Waals surface area contributed by atoms with Crippen LogP contribution in [-0.2, 0) is 6.67 Å². The van der Waals surface area contributed by atoms with Crippen LogP contribution in [-0.4, -0.2) is 39.1 Å². The van der Waals surface area contributed by atoms with Crippen LogP contribution in [0.4, 0.5) is 5.69 Å². The third kappa shape index (κ3) is 2.68. The van der Waals surface area contributed by atoms with Crippen LogP contribution in [0.2, 0.25) is 0 Å². The summed E-state index contributed by atoms with van der Waals surface area (Å²) in [7, 11) is 0. The number of hydrogen-bond donors (Lipinski definition) is 0. The molecule has 0 aliphatic carbocycles. The third-order valence-corrected chi connectivity index (χ3v) is 4.60. The van der Waals surface area contributed by atoms with Crippen molar-refractivity contribution >= 4 is 16.7 Å². The predicted octanol–water partition coefficient (Wildman–Crippen LogP) is 2.87. The van der Waals surface area contributed by atoms with E-state index in [2.05, 4.69) is 64.3 Å². The number of fused-ring (bicyclic) bond motifs is 1. The van der Waals surface area contributed by atoms with Crippen molar-refractivity contribution in [2.75, 3.05) is 18.1 Å². The van der Waals surface area contributed by atoms with Crippen LogP contribution in [0, 0.1) is 6.92 Å². The van der Waals surface area contributed by atoms with Gasteiger partial charge < -0.3 is 4.90 Å². The Balaban J connectivity index is 1.52. The molecule has 0 amide bonds. The van der Waals surface area contributed by atoms with Gasteiger partial charge in [-0.2, -0.15) is 0 Å². The molecule has 23 heavy (non-hydrogen) atoms. The fraction of sp³-hybridized carbons (Fsp3) is 0.333. The molecule has 2 aromatic carbocycles. The van der Waals surface area contributed by atoms with Crippen molar-refractivity contribution in [3.8, 4) is 0 Å². The molecule has 1 atom stereocenters. The van der Waals surface area contributed by atoms with Gasteiger partial charge in [0.05, 0.1) is 18.9 Å². The molecule has 0 N–H and O–H groups in total. The average Bonchev–Trinajstić information content (AvgIpc) is 3.13. The van der Waals surface area contributed by atoms with Gasteiger partial charge in [-0.05, 0) is 38.1 Å². The van der Waals surface area contributed by atoms with E-state index in [1.54, 1.807) is 0 Å². The number of para-hydroxylation sites is 1. The second kappa shape index (κ2) is 5.66. The lowest BCUT2D eigenvalue weighted by molar-refractivity contribution is 0.207. The van der Waals surface area contributed by atoms with Gasteiger partial charge in [-0.15, -0.1) is 5.10 Å². The molecule has 1 aliphatic rings. The lowest BCUT2D eigenvalue weighted by Gasteiger charge is -2.21. The SMILES string of the molecule is Cc1ccc(N2C[C@H](C)N(Cn3nnc4ccccc43)C2)cc1. The van der Waals surface area contributed by atoms with Gasteiger partial charge in [0.25, 0.3) is 0 Å². The van der Waals surface area contributed by atoms with Gasteiger partial charge >= 0.3 is 0 Å². The van der Waals surface area contributed by atoms with Crippen molar-refractivity contribution in [1.82, 2.24) is 19.9 Å². The van der Waals surface area contributed by atoms with Crippen molar-refractivity contribution in [1.29, 1.82) is 0 Å². The Kier molecular flexibility index (Phi) is 3.50. The van der Waals surface area contributed by atoms with Crippen LogP contribution < -0.4 is 4.90 Å². The summed E-state index contributed by atoms with van der Waals surface area (Å²) < 4.78 is 1.99. The van der Waals surface area contributed by atoms with Crippen LogP contribution in [0.3, 0.4) is 0 Å². The van der Waals surface area contributed by atoms with E-state index in [-0.39, 0.29) is 0 Å². The maximum Gasteiger partial charge on any atom is 0.113 e. The molecule has 0 spiro atoms. The summed E-state index contributed by atoms with van der Waals surface area (Å²) in [4.78, 5) is 4.85. The fourth-order valence-electron chi connectivity index (χ4n) is 3.17. The van der Waals surface area contributed by atoms with E-state index in [1.807, 2.05) is 22.9 Å². The van der Waals surface area contributed by atoms with Gasteiger partial charge in [-0.1, -0.05) is 35.0 Å². The van der Waals surface area contributed by atoms with E-state index in [0.29, 0.717) is 6.04 Å². The molecule has 1 saturated heterocycles. The fourth-order valence-corrected chi connectivity index (χ4v) is 3.17.